The van der Waals surface area contributed by atoms with Crippen LogP contribution in [-0.4, -0.2) is 51.9 Å². The van der Waals surface area contributed by atoms with Gasteiger partial charge in [-0.15, -0.1) is 11.3 Å². The van der Waals surface area contributed by atoms with Crippen molar-refractivity contribution in [3.8, 4) is 0 Å². The third kappa shape index (κ3) is 4.14. The molecule has 0 unspecified atom stereocenters. The molecule has 154 valence electrons. The van der Waals surface area contributed by atoms with Crippen molar-refractivity contribution in [2.75, 3.05) is 19.5 Å². The Balaban J connectivity index is 1.93. The molecule has 0 radical (unpaired) electrons. The van der Waals surface area contributed by atoms with Gasteiger partial charge in [-0.3, -0.25) is 14.2 Å². The van der Waals surface area contributed by atoms with Crippen LogP contribution in [0.3, 0.4) is 0 Å². The normalized spacial score (nSPS) is 13.7. The highest BCUT2D eigenvalue weighted by Gasteiger charge is 2.25. The van der Waals surface area contributed by atoms with Gasteiger partial charge in [0.05, 0.1) is 24.3 Å². The van der Waals surface area contributed by atoms with Crippen molar-refractivity contribution < 1.29 is 9.53 Å². The molecule has 2 aromatic rings. The average Bonchev–Trinajstić information content (AvgIpc) is 3.19. The minimum absolute atomic E-state index is 0.000902. The third-order valence-electron chi connectivity index (χ3n) is 5.03. The molecule has 2 heterocycles. The predicted octanol–water partition coefficient (Wildman–Crippen LogP) is 3.33. The van der Waals surface area contributed by atoms with Gasteiger partial charge in [-0.25, -0.2) is 4.98 Å². The lowest BCUT2D eigenvalue weighted by Crippen LogP contribution is -2.43. The van der Waals surface area contributed by atoms with Gasteiger partial charge >= 0.3 is 0 Å². The van der Waals surface area contributed by atoms with Crippen LogP contribution in [0.15, 0.2) is 9.95 Å². The Morgan fingerprint density at radius 2 is 2.00 bits per heavy atom. The van der Waals surface area contributed by atoms with Crippen molar-refractivity contribution >= 4 is 39.2 Å². The van der Waals surface area contributed by atoms with Crippen LogP contribution in [0.4, 0.5) is 0 Å². The van der Waals surface area contributed by atoms with Gasteiger partial charge in [0.2, 0.25) is 5.91 Å². The number of rotatable bonds is 8. The summed E-state index contributed by atoms with van der Waals surface area (Å²) < 4.78 is 6.88. The van der Waals surface area contributed by atoms with E-state index in [4.69, 9.17) is 9.72 Å². The molecule has 0 saturated carbocycles. The maximum Gasteiger partial charge on any atom is 0.263 e. The summed E-state index contributed by atoms with van der Waals surface area (Å²) in [6, 6.07) is 0.277. The average molecular weight is 424 g/mol. The van der Waals surface area contributed by atoms with Crippen molar-refractivity contribution in [3.63, 3.8) is 0 Å². The monoisotopic (exact) mass is 423 g/mol. The molecule has 0 spiro atoms. The molecule has 0 aliphatic heterocycles. The molecular weight excluding hydrogens is 394 g/mol. The lowest BCUT2D eigenvalue weighted by Gasteiger charge is -2.30. The molecule has 0 fully saturated rings. The van der Waals surface area contributed by atoms with Crippen LogP contribution in [0.2, 0.25) is 0 Å². The van der Waals surface area contributed by atoms with E-state index >= 15 is 0 Å². The summed E-state index contributed by atoms with van der Waals surface area (Å²) in [5.41, 5.74) is 1.18. The van der Waals surface area contributed by atoms with Gasteiger partial charge in [-0.1, -0.05) is 11.8 Å². The highest BCUT2D eigenvalue weighted by molar-refractivity contribution is 7.99. The molecule has 1 aliphatic carbocycles. The van der Waals surface area contributed by atoms with Crippen LogP contribution in [0, 0.1) is 0 Å². The standard InChI is InChI=1S/C20H29N3O3S2/c1-12(2)23(13(3)4)16(24)11-27-20-21-18-17(14-7-6-8-15(14)28-18)19(25)22(20)9-10-26-5/h12-13H,6-11H2,1-5H3. The van der Waals surface area contributed by atoms with Crippen LogP contribution < -0.4 is 5.56 Å². The summed E-state index contributed by atoms with van der Waals surface area (Å²) in [7, 11) is 1.62. The summed E-state index contributed by atoms with van der Waals surface area (Å²) in [6.45, 7) is 8.97. The first-order valence-corrected chi connectivity index (χ1v) is 11.6. The van der Waals surface area contributed by atoms with Crippen molar-refractivity contribution in [1.82, 2.24) is 14.5 Å². The van der Waals surface area contributed by atoms with E-state index in [0.29, 0.717) is 18.3 Å². The number of thioether (sulfide) groups is 1. The fourth-order valence-corrected chi connectivity index (χ4v) is 6.12. The second-order valence-electron chi connectivity index (χ2n) is 7.66. The van der Waals surface area contributed by atoms with Crippen molar-refractivity contribution in [1.29, 1.82) is 0 Å². The molecule has 0 saturated heterocycles. The molecule has 0 N–H and O–H groups in total. The summed E-state index contributed by atoms with van der Waals surface area (Å²) >= 11 is 2.98. The van der Waals surface area contributed by atoms with Crippen LogP contribution in [0.1, 0.15) is 44.6 Å². The van der Waals surface area contributed by atoms with Gasteiger partial charge in [-0.05, 0) is 52.5 Å². The summed E-state index contributed by atoms with van der Waals surface area (Å²) in [6.07, 6.45) is 3.10. The Morgan fingerprint density at radius 1 is 1.29 bits per heavy atom. The number of thiophene rings is 1. The molecule has 0 aromatic carbocycles. The second-order valence-corrected chi connectivity index (χ2v) is 9.68. The Bertz CT molecular complexity index is 910. The van der Waals surface area contributed by atoms with E-state index in [1.807, 2.05) is 32.6 Å². The fourth-order valence-electron chi connectivity index (χ4n) is 3.92. The zero-order valence-electron chi connectivity index (χ0n) is 17.3. The zero-order chi connectivity index (χ0) is 20.4. The van der Waals surface area contributed by atoms with Gasteiger partial charge in [0.1, 0.15) is 4.83 Å². The first kappa shape index (κ1) is 21.3. The number of hydrogen-bond acceptors (Lipinski definition) is 6. The Morgan fingerprint density at radius 3 is 2.64 bits per heavy atom. The highest BCUT2D eigenvalue weighted by Crippen LogP contribution is 2.35. The molecule has 8 heteroatoms. The van der Waals surface area contributed by atoms with E-state index in [0.717, 1.165) is 29.5 Å². The number of amides is 1. The molecule has 1 aliphatic rings. The number of carbonyl (C=O) groups excluding carboxylic acids is 1. The molecule has 0 atom stereocenters. The quantitative estimate of drug-likeness (QED) is 0.481. The van der Waals surface area contributed by atoms with E-state index < -0.39 is 0 Å². The zero-order valence-corrected chi connectivity index (χ0v) is 18.9. The van der Waals surface area contributed by atoms with Gasteiger partial charge in [-0.2, -0.15) is 0 Å². The lowest BCUT2D eigenvalue weighted by atomic mass is 10.2. The maximum absolute atomic E-state index is 13.2. The lowest BCUT2D eigenvalue weighted by molar-refractivity contribution is -0.131. The molecule has 6 nitrogen and oxygen atoms in total. The van der Waals surface area contributed by atoms with Crippen molar-refractivity contribution in [2.45, 2.75) is 70.7 Å². The highest BCUT2D eigenvalue weighted by atomic mass is 32.2. The van der Waals surface area contributed by atoms with E-state index in [1.165, 1.54) is 22.2 Å². The maximum atomic E-state index is 13.2. The summed E-state index contributed by atoms with van der Waals surface area (Å²) in [5.74, 6) is 0.336. The van der Waals surface area contributed by atoms with Gasteiger partial charge in [0.25, 0.3) is 5.56 Å². The molecular formula is C20H29N3O3S2. The summed E-state index contributed by atoms with van der Waals surface area (Å²) in [4.78, 5) is 34.8. The topological polar surface area (TPSA) is 64.4 Å². The first-order valence-electron chi connectivity index (χ1n) is 9.83. The van der Waals surface area contributed by atoms with E-state index in [2.05, 4.69) is 0 Å². The summed E-state index contributed by atoms with van der Waals surface area (Å²) in [5, 5.41) is 1.38. The molecule has 28 heavy (non-hydrogen) atoms. The van der Waals surface area contributed by atoms with Crippen molar-refractivity contribution in [3.05, 3.63) is 20.8 Å². The second kappa shape index (κ2) is 8.97. The number of aryl methyl sites for hydroxylation is 2. The number of aromatic nitrogens is 2. The molecule has 0 bridgehead atoms. The van der Waals surface area contributed by atoms with Gasteiger partial charge in [0.15, 0.2) is 5.16 Å². The number of methoxy groups -OCH3 is 1. The molecule has 2 aromatic heterocycles. The van der Waals surface area contributed by atoms with Crippen LogP contribution >= 0.6 is 23.1 Å². The number of ether oxygens (including phenoxy) is 1. The smallest absolute Gasteiger partial charge is 0.263 e. The van der Waals surface area contributed by atoms with Crippen LogP contribution in [0.5, 0.6) is 0 Å². The number of carbonyl (C=O) groups is 1. The van der Waals surface area contributed by atoms with Gasteiger partial charge < -0.3 is 9.64 Å². The third-order valence-corrected chi connectivity index (χ3v) is 7.18. The van der Waals surface area contributed by atoms with Crippen LogP contribution in [-0.2, 0) is 28.9 Å². The predicted molar refractivity (Wildman–Crippen MR) is 116 cm³/mol. The van der Waals surface area contributed by atoms with Crippen LogP contribution in [0.25, 0.3) is 10.2 Å². The largest absolute Gasteiger partial charge is 0.383 e. The number of hydrogen-bond donors (Lipinski definition) is 0. The SMILES string of the molecule is COCCn1c(SCC(=O)N(C(C)C)C(C)C)nc2sc3c(c2c1=O)CCC3. The number of nitrogens with zero attached hydrogens (tertiary/aromatic N) is 3. The Hall–Kier alpha value is -1.38. The fraction of sp³-hybridized carbons (Fsp3) is 0.650. The Kier molecular flexibility index (Phi) is 6.83. The first-order chi connectivity index (χ1) is 13.3. The Labute approximate surface area is 174 Å². The van der Waals surface area contributed by atoms with E-state index in [9.17, 15) is 9.59 Å². The molecule has 3 rings (SSSR count). The molecule has 1 amide bonds. The van der Waals surface area contributed by atoms with E-state index in [-0.39, 0.29) is 29.3 Å². The van der Waals surface area contributed by atoms with Crippen molar-refractivity contribution in [2.24, 2.45) is 0 Å². The minimum atomic E-state index is 0.000902. The minimum Gasteiger partial charge on any atom is -0.383 e. The van der Waals surface area contributed by atoms with E-state index in [1.54, 1.807) is 23.0 Å². The van der Waals surface area contributed by atoms with Gasteiger partial charge in [0, 0.05) is 24.1 Å². The number of fused-ring (bicyclic) bond motifs is 3.